The van der Waals surface area contributed by atoms with E-state index in [2.05, 4.69) is 9.97 Å². The van der Waals surface area contributed by atoms with Gasteiger partial charge in [-0.05, 0) is 50.1 Å². The van der Waals surface area contributed by atoms with Gasteiger partial charge in [-0.25, -0.2) is 9.78 Å². The van der Waals surface area contributed by atoms with Crippen molar-refractivity contribution in [3.63, 3.8) is 0 Å². The van der Waals surface area contributed by atoms with Crippen molar-refractivity contribution in [3.05, 3.63) is 89.2 Å². The number of H-pyrrole nitrogens is 1. The molecule has 41 heavy (non-hydrogen) atoms. The third kappa shape index (κ3) is 7.70. The Bertz CT molecular complexity index is 1540. The van der Waals surface area contributed by atoms with Crippen LogP contribution >= 0.6 is 12.4 Å². The summed E-state index contributed by atoms with van der Waals surface area (Å²) in [6.07, 6.45) is 1.70. The molecule has 0 saturated heterocycles. The normalized spacial score (nSPS) is 10.5. The first kappa shape index (κ1) is 30.8. The van der Waals surface area contributed by atoms with Crippen molar-refractivity contribution < 1.29 is 23.9 Å². The minimum atomic E-state index is -0.697. The van der Waals surface area contributed by atoms with E-state index >= 15 is 0 Å². The van der Waals surface area contributed by atoms with Gasteiger partial charge in [-0.2, -0.15) is 0 Å². The zero-order valence-electron chi connectivity index (χ0n) is 22.8. The molecule has 0 aliphatic carbocycles. The van der Waals surface area contributed by atoms with Gasteiger partial charge in [-0.1, -0.05) is 30.3 Å². The standard InChI is InChI=1S/C30H31N5O5.ClH/c1-3-39-27(37)15-17-35(26-6-4-5-16-33-26)30(38)40-22-12-13-23-24(18-22)34-19(2)28(23)25(36)14-9-20-7-10-21(11-8-20)29(31)32;/h4-8,10-13,16,18,34H,3,9,14-15,17H2,1-2H3,(H3,31,32);1H. The van der Waals surface area contributed by atoms with Gasteiger partial charge in [-0.15, -0.1) is 12.4 Å². The number of nitrogens with one attached hydrogen (secondary N) is 2. The molecule has 2 aromatic heterocycles. The number of Topliss-reactive ketones (excluding diaryl/α,β-unsaturated/α-hetero) is 1. The van der Waals surface area contributed by atoms with Gasteiger partial charge >= 0.3 is 12.1 Å². The van der Waals surface area contributed by atoms with E-state index in [0.717, 1.165) is 16.6 Å². The molecule has 2 heterocycles. The molecule has 0 radical (unpaired) electrons. The molecule has 0 aliphatic heterocycles. The molecule has 4 rings (SSSR count). The fraction of sp³-hybridized carbons (Fsp3) is 0.233. The number of nitrogens with zero attached hydrogens (tertiary/aromatic N) is 2. The van der Waals surface area contributed by atoms with Gasteiger partial charge in [0.15, 0.2) is 5.78 Å². The van der Waals surface area contributed by atoms with Gasteiger partial charge in [-0.3, -0.25) is 19.9 Å². The van der Waals surface area contributed by atoms with E-state index in [-0.39, 0.29) is 49.3 Å². The number of anilines is 1. The fourth-order valence-corrected chi connectivity index (χ4v) is 4.37. The van der Waals surface area contributed by atoms with Gasteiger partial charge in [0.2, 0.25) is 0 Å². The van der Waals surface area contributed by atoms with Crippen molar-refractivity contribution in [2.75, 3.05) is 18.1 Å². The first-order valence-electron chi connectivity index (χ1n) is 12.9. The van der Waals surface area contributed by atoms with Gasteiger partial charge in [0.1, 0.15) is 17.4 Å². The van der Waals surface area contributed by atoms with E-state index in [9.17, 15) is 14.4 Å². The van der Waals surface area contributed by atoms with E-state index in [1.807, 2.05) is 19.1 Å². The van der Waals surface area contributed by atoms with Gasteiger partial charge in [0, 0.05) is 47.4 Å². The maximum atomic E-state index is 13.2. The zero-order valence-corrected chi connectivity index (χ0v) is 23.6. The Hall–Kier alpha value is -4.70. The molecule has 4 N–H and O–H groups in total. The number of rotatable bonds is 11. The number of carbonyl (C=O) groups is 3. The van der Waals surface area contributed by atoms with Crippen molar-refractivity contribution in [2.24, 2.45) is 5.73 Å². The second kappa shape index (κ2) is 14.1. The molecule has 0 spiro atoms. The third-order valence-corrected chi connectivity index (χ3v) is 6.34. The number of ether oxygens (including phenoxy) is 2. The van der Waals surface area contributed by atoms with Crippen LogP contribution in [0.1, 0.15) is 46.9 Å². The largest absolute Gasteiger partial charge is 0.466 e. The molecule has 0 unspecified atom stereocenters. The number of benzene rings is 2. The van der Waals surface area contributed by atoms with Crippen LogP contribution in [-0.4, -0.2) is 46.8 Å². The van der Waals surface area contributed by atoms with Crippen molar-refractivity contribution in [2.45, 2.75) is 33.1 Å². The Labute approximate surface area is 243 Å². The van der Waals surface area contributed by atoms with E-state index < -0.39 is 12.1 Å². The SMILES string of the molecule is CCOC(=O)CCN(C(=O)Oc1ccc2c(C(=O)CCc3ccc(C(=N)N)cc3)c(C)[nH]c2c1)c1ccccn1.Cl. The van der Waals surface area contributed by atoms with Crippen LogP contribution in [0.3, 0.4) is 0 Å². The summed E-state index contributed by atoms with van der Waals surface area (Å²) in [7, 11) is 0. The molecule has 0 atom stereocenters. The number of carbonyl (C=O) groups excluding carboxylic acids is 3. The molecule has 4 aromatic rings. The summed E-state index contributed by atoms with van der Waals surface area (Å²) in [6, 6.07) is 17.4. The van der Waals surface area contributed by atoms with Crippen molar-refractivity contribution in [1.29, 1.82) is 5.41 Å². The lowest BCUT2D eigenvalue weighted by Gasteiger charge is -2.20. The molecule has 0 fully saturated rings. The van der Waals surface area contributed by atoms with Gasteiger partial charge in [0.25, 0.3) is 0 Å². The van der Waals surface area contributed by atoms with Gasteiger partial charge < -0.3 is 20.2 Å². The highest BCUT2D eigenvalue weighted by atomic mass is 35.5. The number of halogens is 1. The Morgan fingerprint density at radius 1 is 1.05 bits per heavy atom. The average molecular weight is 578 g/mol. The van der Waals surface area contributed by atoms with Crippen LogP contribution in [0, 0.1) is 12.3 Å². The number of fused-ring (bicyclic) bond motifs is 1. The predicted molar refractivity (Wildman–Crippen MR) is 159 cm³/mol. The maximum Gasteiger partial charge on any atom is 0.420 e. The first-order valence-corrected chi connectivity index (χ1v) is 12.9. The van der Waals surface area contributed by atoms with Crippen LogP contribution in [0.15, 0.2) is 66.9 Å². The summed E-state index contributed by atoms with van der Waals surface area (Å²) in [4.78, 5) is 46.9. The number of hydrogen-bond acceptors (Lipinski definition) is 7. The summed E-state index contributed by atoms with van der Waals surface area (Å²) in [5.74, 6) is 0.190. The Morgan fingerprint density at radius 2 is 1.80 bits per heavy atom. The molecule has 2 aromatic carbocycles. The highest BCUT2D eigenvalue weighted by molar-refractivity contribution is 6.09. The zero-order chi connectivity index (χ0) is 28.6. The number of nitrogens with two attached hydrogens (primary N) is 1. The third-order valence-electron chi connectivity index (χ3n) is 6.34. The quantitative estimate of drug-likeness (QED) is 0.0940. The summed E-state index contributed by atoms with van der Waals surface area (Å²) >= 11 is 0. The molecule has 214 valence electrons. The number of aromatic amines is 1. The summed E-state index contributed by atoms with van der Waals surface area (Å²) in [5.41, 5.74) is 9.10. The van der Waals surface area contributed by atoms with Crippen molar-refractivity contribution in [3.8, 4) is 5.75 Å². The fourth-order valence-electron chi connectivity index (χ4n) is 4.37. The number of esters is 1. The molecule has 0 bridgehead atoms. The molecular formula is C30H32ClN5O5. The van der Waals surface area contributed by atoms with Crippen molar-refractivity contribution in [1.82, 2.24) is 9.97 Å². The van der Waals surface area contributed by atoms with Crippen molar-refractivity contribution >= 4 is 52.8 Å². The van der Waals surface area contributed by atoms with Crippen LogP contribution in [0.2, 0.25) is 0 Å². The second-order valence-electron chi connectivity index (χ2n) is 9.13. The number of amides is 1. The summed E-state index contributed by atoms with van der Waals surface area (Å²) in [5, 5.41) is 8.24. The lowest BCUT2D eigenvalue weighted by molar-refractivity contribution is -0.142. The molecular weight excluding hydrogens is 546 g/mol. The average Bonchev–Trinajstić information content (AvgIpc) is 3.27. The predicted octanol–water partition coefficient (Wildman–Crippen LogP) is 5.35. The van der Waals surface area contributed by atoms with E-state index in [0.29, 0.717) is 35.3 Å². The van der Waals surface area contributed by atoms with Crippen LogP contribution in [0.25, 0.3) is 10.9 Å². The monoisotopic (exact) mass is 577 g/mol. The van der Waals surface area contributed by atoms with E-state index in [1.165, 1.54) is 4.90 Å². The number of pyridine rings is 1. The molecule has 10 nitrogen and oxygen atoms in total. The number of nitrogen functional groups attached to an aromatic ring is 1. The highest BCUT2D eigenvalue weighted by Crippen LogP contribution is 2.28. The Balaban J connectivity index is 0.00000462. The van der Waals surface area contributed by atoms with Crippen LogP contribution in [-0.2, 0) is 16.0 Å². The number of hydrogen-bond donors (Lipinski definition) is 3. The lowest BCUT2D eigenvalue weighted by Crippen LogP contribution is -2.36. The maximum absolute atomic E-state index is 13.2. The highest BCUT2D eigenvalue weighted by Gasteiger charge is 2.22. The summed E-state index contributed by atoms with van der Waals surface area (Å²) in [6.45, 7) is 3.84. The molecule has 0 saturated carbocycles. The smallest absolute Gasteiger partial charge is 0.420 e. The van der Waals surface area contributed by atoms with Crippen LogP contribution < -0.4 is 15.4 Å². The Morgan fingerprint density at radius 3 is 2.46 bits per heavy atom. The Kier molecular flexibility index (Phi) is 10.6. The second-order valence-corrected chi connectivity index (χ2v) is 9.13. The number of aryl methyl sites for hydroxylation is 2. The number of aromatic nitrogens is 2. The summed E-state index contributed by atoms with van der Waals surface area (Å²) < 4.78 is 10.6. The lowest BCUT2D eigenvalue weighted by atomic mass is 9.99. The topological polar surface area (TPSA) is 151 Å². The van der Waals surface area contributed by atoms with Crippen LogP contribution in [0.4, 0.5) is 10.6 Å². The van der Waals surface area contributed by atoms with Crippen LogP contribution in [0.5, 0.6) is 5.75 Å². The number of amidine groups is 1. The minimum Gasteiger partial charge on any atom is -0.466 e. The first-order chi connectivity index (χ1) is 19.3. The van der Waals surface area contributed by atoms with Gasteiger partial charge in [0.05, 0.1) is 18.5 Å². The molecule has 11 heteroatoms. The number of ketones is 1. The van der Waals surface area contributed by atoms with E-state index in [1.54, 1.807) is 61.7 Å². The van der Waals surface area contributed by atoms with E-state index in [4.69, 9.17) is 20.6 Å². The molecule has 0 aliphatic rings. The minimum absolute atomic E-state index is 0. The molecule has 1 amide bonds.